The van der Waals surface area contributed by atoms with E-state index in [9.17, 15) is 0 Å². The molecule has 1 N–H and O–H groups in total. The minimum Gasteiger partial charge on any atom is -0.313 e. The monoisotopic (exact) mass is 276 g/mol. The van der Waals surface area contributed by atoms with Crippen molar-refractivity contribution in [2.24, 2.45) is 5.41 Å². The summed E-state index contributed by atoms with van der Waals surface area (Å²) in [7, 11) is 2.07. The number of benzene rings is 1. The van der Waals surface area contributed by atoms with Crippen molar-refractivity contribution in [1.29, 1.82) is 0 Å². The predicted octanol–water partition coefficient (Wildman–Crippen LogP) is 4.10. The average Bonchev–Trinajstić information content (AvgIpc) is 2.45. The molecule has 0 aromatic heterocycles. The lowest BCUT2D eigenvalue weighted by molar-refractivity contribution is 0.143. The zero-order chi connectivity index (χ0) is 15.0. The summed E-state index contributed by atoms with van der Waals surface area (Å²) in [5, 5.41) is 3.52. The van der Waals surface area contributed by atoms with Crippen LogP contribution in [0.5, 0.6) is 0 Å². The maximum absolute atomic E-state index is 3.52. The molecule has 0 radical (unpaired) electrons. The molecule has 0 spiro atoms. The molecule has 0 fully saturated rings. The van der Waals surface area contributed by atoms with Gasteiger partial charge in [-0.3, -0.25) is 0 Å². The van der Waals surface area contributed by atoms with Crippen LogP contribution in [-0.2, 0) is 0 Å². The molecule has 20 heavy (non-hydrogen) atoms. The number of nitrogens with zero attached hydrogens (tertiary/aromatic N) is 1. The van der Waals surface area contributed by atoms with Crippen LogP contribution in [0.3, 0.4) is 0 Å². The van der Waals surface area contributed by atoms with Crippen LogP contribution in [0, 0.1) is 5.41 Å². The summed E-state index contributed by atoms with van der Waals surface area (Å²) in [6.07, 6.45) is 2.56. The molecule has 0 heterocycles. The molecule has 1 aromatic rings. The van der Waals surface area contributed by atoms with E-state index in [2.05, 4.69) is 75.3 Å². The van der Waals surface area contributed by atoms with Crippen molar-refractivity contribution in [2.75, 3.05) is 26.7 Å². The largest absolute Gasteiger partial charge is 0.313 e. The van der Waals surface area contributed by atoms with Gasteiger partial charge in [0.2, 0.25) is 0 Å². The Morgan fingerprint density at radius 2 is 1.80 bits per heavy atom. The van der Waals surface area contributed by atoms with Crippen LogP contribution < -0.4 is 5.32 Å². The number of rotatable bonds is 9. The number of hydrogen-bond donors (Lipinski definition) is 1. The fourth-order valence-electron chi connectivity index (χ4n) is 3.05. The van der Waals surface area contributed by atoms with Crippen LogP contribution in [-0.4, -0.2) is 31.6 Å². The van der Waals surface area contributed by atoms with Gasteiger partial charge in [-0.2, -0.15) is 0 Å². The smallest absolute Gasteiger partial charge is 0.0381 e. The first-order valence-corrected chi connectivity index (χ1v) is 7.99. The van der Waals surface area contributed by atoms with Crippen molar-refractivity contribution in [3.05, 3.63) is 35.9 Å². The fourth-order valence-corrected chi connectivity index (χ4v) is 3.05. The topological polar surface area (TPSA) is 15.3 Å². The summed E-state index contributed by atoms with van der Waals surface area (Å²) < 4.78 is 0. The van der Waals surface area contributed by atoms with Gasteiger partial charge in [0.25, 0.3) is 0 Å². The van der Waals surface area contributed by atoms with Gasteiger partial charge >= 0.3 is 0 Å². The second-order valence-electron chi connectivity index (χ2n) is 6.34. The first-order valence-electron chi connectivity index (χ1n) is 7.99. The van der Waals surface area contributed by atoms with Crippen LogP contribution in [0.1, 0.15) is 52.1 Å². The van der Waals surface area contributed by atoms with Gasteiger partial charge in [0.05, 0.1) is 0 Å². The summed E-state index contributed by atoms with van der Waals surface area (Å²) in [4.78, 5) is 2.58. The molecular formula is C18H32N2. The van der Waals surface area contributed by atoms with E-state index < -0.39 is 0 Å². The Labute approximate surface area is 125 Å². The molecule has 2 heteroatoms. The van der Waals surface area contributed by atoms with E-state index in [0.717, 1.165) is 13.1 Å². The van der Waals surface area contributed by atoms with Gasteiger partial charge in [-0.25, -0.2) is 0 Å². The van der Waals surface area contributed by atoms with Gasteiger partial charge in [-0.05, 0) is 37.5 Å². The third kappa shape index (κ3) is 4.92. The van der Waals surface area contributed by atoms with E-state index in [1.54, 1.807) is 0 Å². The molecule has 114 valence electrons. The van der Waals surface area contributed by atoms with E-state index in [1.807, 2.05) is 0 Å². The summed E-state index contributed by atoms with van der Waals surface area (Å²) >= 11 is 0. The molecule has 1 atom stereocenters. The normalized spacial score (nSPS) is 13.7. The second kappa shape index (κ2) is 8.43. The first kappa shape index (κ1) is 17.2. The zero-order valence-electron chi connectivity index (χ0n) is 13.9. The maximum Gasteiger partial charge on any atom is 0.0381 e. The molecular weight excluding hydrogens is 244 g/mol. The molecule has 1 rings (SSSR count). The molecule has 1 aromatic carbocycles. The molecule has 0 aliphatic carbocycles. The Morgan fingerprint density at radius 3 is 2.30 bits per heavy atom. The van der Waals surface area contributed by atoms with E-state index in [0.29, 0.717) is 6.04 Å². The Bertz CT molecular complexity index is 359. The van der Waals surface area contributed by atoms with Crippen molar-refractivity contribution in [2.45, 2.75) is 46.6 Å². The standard InChI is InChI=1S/C18H32N2/c1-6-8-14-20(7-2)15-18(3,4)17(19-5)16-12-10-9-11-13-16/h9-13,17,19H,6-8,14-15H2,1-5H3. The van der Waals surface area contributed by atoms with Crippen molar-refractivity contribution in [1.82, 2.24) is 10.2 Å². The number of nitrogens with one attached hydrogen (secondary N) is 1. The Balaban J connectivity index is 2.78. The summed E-state index contributed by atoms with van der Waals surface area (Å²) in [5.74, 6) is 0. The third-order valence-corrected chi connectivity index (χ3v) is 4.11. The highest BCUT2D eigenvalue weighted by Gasteiger charge is 2.31. The molecule has 0 saturated carbocycles. The third-order valence-electron chi connectivity index (χ3n) is 4.11. The minimum atomic E-state index is 0.208. The van der Waals surface area contributed by atoms with Crippen molar-refractivity contribution in [3.8, 4) is 0 Å². The molecule has 0 aliphatic heterocycles. The molecule has 0 bridgehead atoms. The highest BCUT2D eigenvalue weighted by molar-refractivity contribution is 5.21. The van der Waals surface area contributed by atoms with Crippen LogP contribution in [0.25, 0.3) is 0 Å². The lowest BCUT2D eigenvalue weighted by Crippen LogP contribution is -2.42. The van der Waals surface area contributed by atoms with E-state index in [-0.39, 0.29) is 5.41 Å². The number of unbranched alkanes of at least 4 members (excludes halogenated alkanes) is 1. The first-order chi connectivity index (χ1) is 9.55. The van der Waals surface area contributed by atoms with Crippen LogP contribution in [0.4, 0.5) is 0 Å². The van der Waals surface area contributed by atoms with Crippen molar-refractivity contribution < 1.29 is 0 Å². The van der Waals surface area contributed by atoms with Crippen LogP contribution in [0.15, 0.2) is 30.3 Å². The lowest BCUT2D eigenvalue weighted by Gasteiger charge is -2.38. The molecule has 0 aliphatic rings. The summed E-state index contributed by atoms with van der Waals surface area (Å²) in [6, 6.07) is 11.2. The van der Waals surface area contributed by atoms with E-state index in [4.69, 9.17) is 0 Å². The van der Waals surface area contributed by atoms with Gasteiger partial charge in [-0.1, -0.05) is 64.4 Å². The van der Waals surface area contributed by atoms with Crippen molar-refractivity contribution in [3.63, 3.8) is 0 Å². The highest BCUT2D eigenvalue weighted by atomic mass is 15.1. The van der Waals surface area contributed by atoms with Gasteiger partial charge in [0.1, 0.15) is 0 Å². The Kier molecular flexibility index (Phi) is 7.25. The van der Waals surface area contributed by atoms with Gasteiger partial charge in [-0.15, -0.1) is 0 Å². The minimum absolute atomic E-state index is 0.208. The molecule has 0 amide bonds. The maximum atomic E-state index is 3.52. The zero-order valence-corrected chi connectivity index (χ0v) is 13.9. The number of hydrogen-bond acceptors (Lipinski definition) is 2. The SMILES string of the molecule is CCCCN(CC)CC(C)(C)C(NC)c1ccccc1. The average molecular weight is 276 g/mol. The van der Waals surface area contributed by atoms with Gasteiger partial charge < -0.3 is 10.2 Å². The molecule has 0 saturated heterocycles. The molecule has 1 unspecified atom stereocenters. The van der Waals surface area contributed by atoms with E-state index >= 15 is 0 Å². The van der Waals surface area contributed by atoms with E-state index in [1.165, 1.54) is 24.9 Å². The quantitative estimate of drug-likeness (QED) is 0.730. The summed E-state index contributed by atoms with van der Waals surface area (Å²) in [5.41, 5.74) is 1.59. The van der Waals surface area contributed by atoms with Crippen LogP contribution in [0.2, 0.25) is 0 Å². The highest BCUT2D eigenvalue weighted by Crippen LogP contribution is 2.33. The van der Waals surface area contributed by atoms with Crippen LogP contribution >= 0.6 is 0 Å². The van der Waals surface area contributed by atoms with Gasteiger partial charge in [0.15, 0.2) is 0 Å². The Morgan fingerprint density at radius 1 is 1.15 bits per heavy atom. The second-order valence-corrected chi connectivity index (χ2v) is 6.34. The fraction of sp³-hybridized carbons (Fsp3) is 0.667. The Hall–Kier alpha value is -0.860. The van der Waals surface area contributed by atoms with Crippen molar-refractivity contribution >= 4 is 0 Å². The predicted molar refractivity (Wildman–Crippen MR) is 89.0 cm³/mol. The van der Waals surface area contributed by atoms with Gasteiger partial charge in [0, 0.05) is 12.6 Å². The lowest BCUT2D eigenvalue weighted by atomic mass is 9.80. The summed E-state index contributed by atoms with van der Waals surface area (Å²) in [6.45, 7) is 12.7. The molecule has 2 nitrogen and oxygen atoms in total.